The number of anilines is 1. The molecule has 0 unspecified atom stereocenters. The quantitative estimate of drug-likeness (QED) is 0.316. The molecule has 0 atom stereocenters. The second-order valence-corrected chi connectivity index (χ2v) is 10.2. The Bertz CT molecular complexity index is 1220. The summed E-state index contributed by atoms with van der Waals surface area (Å²) in [4.78, 5) is 10.8. The van der Waals surface area contributed by atoms with E-state index in [1.165, 1.54) is 48.6 Å². The van der Waals surface area contributed by atoms with Crippen molar-refractivity contribution in [2.75, 3.05) is 32.1 Å². The first-order valence-electron chi connectivity index (χ1n) is 13.1. The third-order valence-corrected chi connectivity index (χ3v) is 7.14. The summed E-state index contributed by atoms with van der Waals surface area (Å²) in [5.41, 5.74) is 2.47. The lowest BCUT2D eigenvalue weighted by atomic mass is 9.83. The van der Waals surface area contributed by atoms with Crippen LogP contribution in [0.1, 0.15) is 44.0 Å². The molecule has 184 valence electrons. The molecule has 0 bridgehead atoms. The monoisotopic (exact) mass is 468 g/mol. The first kappa shape index (κ1) is 25.1. The van der Waals surface area contributed by atoms with Gasteiger partial charge in [-0.1, -0.05) is 74.4 Å². The van der Waals surface area contributed by atoms with Gasteiger partial charge < -0.3 is 10.2 Å². The molecular formula is C31H40N4. The minimum atomic E-state index is 0.812. The first-order valence-corrected chi connectivity index (χ1v) is 13.1. The lowest BCUT2D eigenvalue weighted by Crippen LogP contribution is -2.27. The predicted molar refractivity (Wildman–Crippen MR) is 150 cm³/mol. The van der Waals surface area contributed by atoms with Crippen LogP contribution in [0.25, 0.3) is 21.7 Å². The molecule has 5 rings (SSSR count). The molecule has 0 aliphatic heterocycles. The van der Waals surface area contributed by atoms with Crippen molar-refractivity contribution < 1.29 is 0 Å². The minimum absolute atomic E-state index is 0.812. The van der Waals surface area contributed by atoms with Gasteiger partial charge in [0.05, 0.1) is 5.52 Å². The molecule has 0 radical (unpaired) electrons. The Morgan fingerprint density at radius 2 is 1.51 bits per heavy atom. The summed E-state index contributed by atoms with van der Waals surface area (Å²) < 4.78 is 0. The number of benzene rings is 3. The van der Waals surface area contributed by atoms with E-state index in [9.17, 15) is 0 Å². The molecule has 0 amide bonds. The van der Waals surface area contributed by atoms with E-state index in [0.29, 0.717) is 0 Å². The number of nitrogens with one attached hydrogen (secondary N) is 1. The van der Waals surface area contributed by atoms with Crippen molar-refractivity contribution in [2.24, 2.45) is 11.8 Å². The Kier molecular flexibility index (Phi) is 8.70. The van der Waals surface area contributed by atoms with Crippen LogP contribution in [0.4, 0.5) is 5.82 Å². The van der Waals surface area contributed by atoms with Crippen molar-refractivity contribution in [2.45, 2.75) is 46.0 Å². The van der Waals surface area contributed by atoms with Crippen LogP contribution in [0.3, 0.4) is 0 Å². The topological polar surface area (TPSA) is 41.1 Å². The molecule has 1 heterocycles. The summed E-state index contributed by atoms with van der Waals surface area (Å²) in [7, 11) is 3.99. The van der Waals surface area contributed by atoms with Crippen LogP contribution < -0.4 is 10.2 Å². The zero-order chi connectivity index (χ0) is 24.6. The fourth-order valence-electron chi connectivity index (χ4n) is 5.09. The molecule has 1 aliphatic carbocycles. The number of aryl methyl sites for hydroxylation is 1. The van der Waals surface area contributed by atoms with Gasteiger partial charge >= 0.3 is 0 Å². The number of aromatic nitrogens is 2. The van der Waals surface area contributed by atoms with Crippen molar-refractivity contribution in [3.63, 3.8) is 0 Å². The fourth-order valence-corrected chi connectivity index (χ4v) is 5.09. The summed E-state index contributed by atoms with van der Waals surface area (Å²) in [6, 6.07) is 23.4. The normalized spacial score (nSPS) is 17.7. The average Bonchev–Trinajstić information content (AvgIpc) is 2.87. The fraction of sp³-hybridized carbons (Fsp3) is 0.419. The molecular weight excluding hydrogens is 428 g/mol. The zero-order valence-corrected chi connectivity index (χ0v) is 21.8. The molecule has 3 aromatic carbocycles. The van der Waals surface area contributed by atoms with E-state index >= 15 is 0 Å². The number of para-hydroxylation sites is 1. The Hall–Kier alpha value is -2.98. The molecule has 4 aromatic rings. The number of fused-ring (bicyclic) bond motifs is 2. The van der Waals surface area contributed by atoms with Gasteiger partial charge in [0, 0.05) is 19.5 Å². The van der Waals surface area contributed by atoms with Gasteiger partial charge in [0.1, 0.15) is 11.6 Å². The predicted octanol–water partition coefficient (Wildman–Crippen LogP) is 6.80. The Morgan fingerprint density at radius 3 is 2.29 bits per heavy atom. The molecule has 35 heavy (non-hydrogen) atoms. The van der Waals surface area contributed by atoms with E-state index in [1.54, 1.807) is 0 Å². The van der Waals surface area contributed by atoms with E-state index in [1.807, 2.05) is 50.2 Å². The van der Waals surface area contributed by atoms with Crippen molar-refractivity contribution in [3.8, 4) is 0 Å². The highest BCUT2D eigenvalue weighted by atomic mass is 15.1. The van der Waals surface area contributed by atoms with Crippen LogP contribution >= 0.6 is 0 Å². The summed E-state index contributed by atoms with van der Waals surface area (Å²) in [5.74, 6) is 3.66. The summed E-state index contributed by atoms with van der Waals surface area (Å²) in [6.45, 7) is 6.61. The van der Waals surface area contributed by atoms with Crippen molar-refractivity contribution >= 4 is 27.5 Å². The Morgan fingerprint density at radius 1 is 0.829 bits per heavy atom. The molecule has 1 N–H and O–H groups in total. The molecule has 1 aromatic heterocycles. The van der Waals surface area contributed by atoms with Crippen LogP contribution in [0.2, 0.25) is 0 Å². The molecule has 1 fully saturated rings. The number of hydrogen-bond donors (Lipinski definition) is 1. The highest BCUT2D eigenvalue weighted by molar-refractivity contribution is 5.89. The van der Waals surface area contributed by atoms with Gasteiger partial charge in [0.25, 0.3) is 0 Å². The van der Waals surface area contributed by atoms with Crippen LogP contribution in [-0.4, -0.2) is 37.2 Å². The minimum Gasteiger partial charge on any atom is -0.362 e. The molecule has 0 spiro atoms. The SMILES string of the molecule is CC1CCC(CNCCc2cccc3ccccc23)CC1.Cc1nc(N(C)C)c2ccccc2n1. The summed E-state index contributed by atoms with van der Waals surface area (Å²) in [6.07, 6.45) is 6.82. The molecule has 0 saturated heterocycles. The smallest absolute Gasteiger partial charge is 0.139 e. The maximum atomic E-state index is 4.42. The zero-order valence-electron chi connectivity index (χ0n) is 21.8. The van der Waals surface area contributed by atoms with E-state index in [2.05, 4.69) is 64.7 Å². The van der Waals surface area contributed by atoms with Crippen LogP contribution in [-0.2, 0) is 6.42 Å². The van der Waals surface area contributed by atoms with Gasteiger partial charge in [0.15, 0.2) is 0 Å². The van der Waals surface area contributed by atoms with Crippen molar-refractivity contribution in [1.29, 1.82) is 0 Å². The number of hydrogen-bond acceptors (Lipinski definition) is 4. The van der Waals surface area contributed by atoms with E-state index in [4.69, 9.17) is 0 Å². The standard InChI is InChI=1S/C20H27N.C11H13N3/c1-16-9-11-17(12-10-16)15-21-14-13-19-7-4-6-18-5-2-3-8-20(18)19;1-8-12-10-7-5-4-6-9(10)11(13-8)14(2)3/h2-8,16-17,21H,9-15H2,1H3;4-7H,1-3H3. The lowest BCUT2D eigenvalue weighted by Gasteiger charge is -2.26. The van der Waals surface area contributed by atoms with Gasteiger partial charge in [-0.15, -0.1) is 0 Å². The highest BCUT2D eigenvalue weighted by Gasteiger charge is 2.17. The average molecular weight is 469 g/mol. The van der Waals surface area contributed by atoms with Gasteiger partial charge in [-0.25, -0.2) is 9.97 Å². The van der Waals surface area contributed by atoms with Crippen LogP contribution in [0.5, 0.6) is 0 Å². The van der Waals surface area contributed by atoms with Crippen molar-refractivity contribution in [3.05, 3.63) is 78.1 Å². The van der Waals surface area contributed by atoms with E-state index in [-0.39, 0.29) is 0 Å². The maximum absolute atomic E-state index is 4.42. The molecule has 4 heteroatoms. The van der Waals surface area contributed by atoms with Gasteiger partial charge in [0.2, 0.25) is 0 Å². The summed E-state index contributed by atoms with van der Waals surface area (Å²) >= 11 is 0. The first-order chi connectivity index (χ1) is 17.0. The van der Waals surface area contributed by atoms with Crippen LogP contribution in [0, 0.1) is 18.8 Å². The third-order valence-electron chi connectivity index (χ3n) is 7.14. The second kappa shape index (κ2) is 12.1. The summed E-state index contributed by atoms with van der Waals surface area (Å²) in [5, 5.41) is 7.55. The largest absolute Gasteiger partial charge is 0.362 e. The molecule has 1 aliphatic rings. The number of nitrogens with zero attached hydrogens (tertiary/aromatic N) is 3. The van der Waals surface area contributed by atoms with Gasteiger partial charge in [-0.2, -0.15) is 0 Å². The van der Waals surface area contributed by atoms with E-state index < -0.39 is 0 Å². The molecule has 1 saturated carbocycles. The Labute approximate surface area is 210 Å². The highest BCUT2D eigenvalue weighted by Crippen LogP contribution is 2.27. The van der Waals surface area contributed by atoms with Gasteiger partial charge in [-0.05, 0) is 79.6 Å². The third kappa shape index (κ3) is 6.79. The van der Waals surface area contributed by atoms with Gasteiger partial charge in [-0.3, -0.25) is 0 Å². The number of rotatable bonds is 6. The van der Waals surface area contributed by atoms with Crippen molar-refractivity contribution in [1.82, 2.24) is 15.3 Å². The maximum Gasteiger partial charge on any atom is 0.139 e. The molecule has 4 nitrogen and oxygen atoms in total. The Balaban J connectivity index is 0.000000179. The second-order valence-electron chi connectivity index (χ2n) is 10.2. The van der Waals surface area contributed by atoms with Crippen LogP contribution in [0.15, 0.2) is 66.7 Å². The lowest BCUT2D eigenvalue weighted by molar-refractivity contribution is 0.282. The van der Waals surface area contributed by atoms with E-state index in [0.717, 1.165) is 47.3 Å².